The van der Waals surface area contributed by atoms with Crippen LogP contribution in [0, 0.1) is 23.2 Å². The zero-order valence-electron chi connectivity index (χ0n) is 29.2. The summed E-state index contributed by atoms with van der Waals surface area (Å²) in [5.41, 5.74) is -2.29. The predicted octanol–water partition coefficient (Wildman–Crippen LogP) is 3.19. The van der Waals surface area contributed by atoms with Gasteiger partial charge in [-0.1, -0.05) is 13.8 Å². The maximum absolute atomic E-state index is 14.2. The number of aliphatic hydroxyl groups is 1. The van der Waals surface area contributed by atoms with Crippen LogP contribution in [0.5, 0.6) is 0 Å². The van der Waals surface area contributed by atoms with Crippen LogP contribution < -0.4 is 0 Å². The van der Waals surface area contributed by atoms with Crippen LogP contribution in [0.1, 0.15) is 80.1 Å². The van der Waals surface area contributed by atoms with E-state index in [0.717, 1.165) is 19.4 Å². The molecule has 0 aliphatic carbocycles. The fourth-order valence-corrected chi connectivity index (χ4v) is 8.83. The molecule has 4 aliphatic heterocycles. The number of carbonyl (C=O) groups is 2. The van der Waals surface area contributed by atoms with Crippen molar-refractivity contribution >= 4 is 11.8 Å². The van der Waals surface area contributed by atoms with E-state index in [-0.39, 0.29) is 36.5 Å². The summed E-state index contributed by atoms with van der Waals surface area (Å²) >= 11 is 0. The van der Waals surface area contributed by atoms with Gasteiger partial charge < -0.3 is 33.9 Å². The van der Waals surface area contributed by atoms with E-state index in [1.54, 1.807) is 27.9 Å². The first-order chi connectivity index (χ1) is 20.5. The highest BCUT2D eigenvalue weighted by molar-refractivity contribution is 6.04. The molecule has 0 spiro atoms. The van der Waals surface area contributed by atoms with Crippen molar-refractivity contribution < 1.29 is 33.6 Å². The zero-order chi connectivity index (χ0) is 32.7. The molecule has 4 aliphatic rings. The van der Waals surface area contributed by atoms with E-state index >= 15 is 0 Å². The second-order valence-electron chi connectivity index (χ2n) is 15.6. The van der Waals surface area contributed by atoms with Crippen LogP contribution in [0.2, 0.25) is 0 Å². The first-order valence-electron chi connectivity index (χ1n) is 16.8. The first kappa shape index (κ1) is 35.7. The molecular formula is C34H61N3O7. The third-order valence-electron chi connectivity index (χ3n) is 11.6. The molecule has 4 saturated heterocycles. The SMILES string of the molecule is CO[C@]1(C)C[C@@H](C)CN(C)C(C2CC3CCC(C2)N3C)COC(=O)C(C)(C)C(=O)[C@H](C)[C@H]1O[C@@H]1O[C@H](C)C[C@H](N(C)C)[C@H]1O. The van der Waals surface area contributed by atoms with Gasteiger partial charge in [0.1, 0.15) is 18.1 Å². The standard InChI is InChI=1S/C34H61N3O7/c1-20-17-34(6,41-11)30(44-31-28(38)26(35(7)8)14-21(2)43-31)22(3)29(39)33(4,5)32(40)42-19-27(36(9)18-20)23-15-24-12-13-25(16-23)37(24)10/h20-28,30-31,38H,12-19H2,1-11H3/t20-,21-,22+,23?,24?,25?,26+,27?,28-,30-,31+,34-/m1/s1. The molecule has 4 rings (SSSR count). The largest absolute Gasteiger partial charge is 0.463 e. The number of fused-ring (bicyclic) bond motifs is 2. The Bertz CT molecular complexity index is 995. The number of cyclic esters (lactones) is 1. The van der Waals surface area contributed by atoms with Gasteiger partial charge >= 0.3 is 5.97 Å². The van der Waals surface area contributed by atoms with Gasteiger partial charge in [0.15, 0.2) is 12.1 Å². The van der Waals surface area contributed by atoms with Crippen molar-refractivity contribution in [1.82, 2.24) is 14.7 Å². The van der Waals surface area contributed by atoms with Gasteiger partial charge in [0.25, 0.3) is 0 Å². The summed E-state index contributed by atoms with van der Waals surface area (Å²) in [5.74, 6) is -0.923. The Morgan fingerprint density at radius 1 is 1.00 bits per heavy atom. The van der Waals surface area contributed by atoms with E-state index < -0.39 is 41.4 Å². The monoisotopic (exact) mass is 623 g/mol. The topological polar surface area (TPSA) is 101 Å². The summed E-state index contributed by atoms with van der Waals surface area (Å²) in [7, 11) is 9.91. The molecule has 0 amide bonds. The number of Topliss-reactive ketones (excluding diaryl/α,β-unsaturated/α-hetero) is 1. The maximum atomic E-state index is 14.2. The van der Waals surface area contributed by atoms with Crippen LogP contribution >= 0.6 is 0 Å². The Labute approximate surface area is 266 Å². The summed E-state index contributed by atoms with van der Waals surface area (Å²) in [6, 6.07) is 1.05. The third kappa shape index (κ3) is 7.21. The minimum atomic E-state index is -1.39. The predicted molar refractivity (Wildman–Crippen MR) is 169 cm³/mol. The maximum Gasteiger partial charge on any atom is 0.319 e. The molecule has 11 atom stereocenters. The lowest BCUT2D eigenvalue weighted by Crippen LogP contribution is -2.59. The molecule has 10 nitrogen and oxygen atoms in total. The minimum Gasteiger partial charge on any atom is -0.463 e. The zero-order valence-corrected chi connectivity index (χ0v) is 29.2. The second kappa shape index (κ2) is 13.9. The Morgan fingerprint density at radius 2 is 1.61 bits per heavy atom. The molecule has 3 unspecified atom stereocenters. The lowest BCUT2D eigenvalue weighted by molar-refractivity contribution is -0.295. The van der Waals surface area contributed by atoms with Crippen molar-refractivity contribution in [3.8, 4) is 0 Å². The fourth-order valence-electron chi connectivity index (χ4n) is 8.83. The molecule has 0 saturated carbocycles. The summed E-state index contributed by atoms with van der Waals surface area (Å²) in [6.45, 7) is 12.3. The van der Waals surface area contributed by atoms with Gasteiger partial charge in [-0.05, 0) is 106 Å². The Hall–Kier alpha value is -1.14. The van der Waals surface area contributed by atoms with Gasteiger partial charge in [-0.15, -0.1) is 0 Å². The average Bonchev–Trinajstić information content (AvgIpc) is 3.14. The number of ether oxygens (including phenoxy) is 4. The number of esters is 1. The fraction of sp³-hybridized carbons (Fsp3) is 0.941. The Morgan fingerprint density at radius 3 is 2.18 bits per heavy atom. The van der Waals surface area contributed by atoms with Gasteiger partial charge in [-0.3, -0.25) is 14.5 Å². The van der Waals surface area contributed by atoms with Crippen LogP contribution in [0.25, 0.3) is 0 Å². The van der Waals surface area contributed by atoms with E-state index in [2.05, 4.69) is 30.8 Å². The third-order valence-corrected chi connectivity index (χ3v) is 11.6. The number of aliphatic hydroxyl groups excluding tert-OH is 1. The molecule has 0 radical (unpaired) electrons. The lowest BCUT2D eigenvalue weighted by atomic mass is 9.74. The van der Waals surface area contributed by atoms with Gasteiger partial charge in [-0.2, -0.15) is 0 Å². The summed E-state index contributed by atoms with van der Waals surface area (Å²) in [6.07, 6.45) is 3.13. The van der Waals surface area contributed by atoms with Crippen molar-refractivity contribution in [3.63, 3.8) is 0 Å². The van der Waals surface area contributed by atoms with Crippen molar-refractivity contribution in [2.75, 3.05) is 48.5 Å². The molecule has 0 aromatic carbocycles. The van der Waals surface area contributed by atoms with E-state index in [0.29, 0.717) is 30.8 Å². The van der Waals surface area contributed by atoms with E-state index in [4.69, 9.17) is 18.9 Å². The highest BCUT2D eigenvalue weighted by Gasteiger charge is 2.52. The number of likely N-dealkylation sites (N-methyl/N-ethyl adjacent to an activating group) is 2. The molecule has 4 heterocycles. The number of hydrogen-bond donors (Lipinski definition) is 1. The van der Waals surface area contributed by atoms with Crippen LogP contribution in [0.3, 0.4) is 0 Å². The number of piperidine rings is 1. The number of nitrogens with zero attached hydrogens (tertiary/aromatic N) is 3. The molecule has 2 bridgehead atoms. The Kier molecular flexibility index (Phi) is 11.3. The van der Waals surface area contributed by atoms with Gasteiger partial charge in [0.05, 0.1) is 17.8 Å². The number of rotatable bonds is 5. The van der Waals surface area contributed by atoms with Gasteiger partial charge in [0.2, 0.25) is 0 Å². The molecule has 0 aromatic rings. The van der Waals surface area contributed by atoms with Crippen LogP contribution in [-0.2, 0) is 28.5 Å². The smallest absolute Gasteiger partial charge is 0.319 e. The number of carbonyl (C=O) groups excluding carboxylic acids is 2. The first-order valence-corrected chi connectivity index (χ1v) is 16.8. The van der Waals surface area contributed by atoms with E-state index in [1.807, 2.05) is 32.8 Å². The van der Waals surface area contributed by atoms with Gasteiger partial charge in [-0.25, -0.2) is 0 Å². The molecule has 1 N–H and O–H groups in total. The van der Waals surface area contributed by atoms with E-state index in [9.17, 15) is 14.7 Å². The number of ketones is 1. The van der Waals surface area contributed by atoms with Gasteiger partial charge in [0, 0.05) is 43.7 Å². The molecule has 0 aromatic heterocycles. The molecular weight excluding hydrogens is 562 g/mol. The average molecular weight is 624 g/mol. The highest BCUT2D eigenvalue weighted by atomic mass is 16.7. The summed E-state index contributed by atoms with van der Waals surface area (Å²) < 4.78 is 25.1. The quantitative estimate of drug-likeness (QED) is 0.363. The lowest BCUT2D eigenvalue weighted by Gasteiger charge is -2.47. The molecule has 4 fully saturated rings. The van der Waals surface area contributed by atoms with Crippen molar-refractivity contribution in [2.45, 2.75) is 134 Å². The molecule has 254 valence electrons. The van der Waals surface area contributed by atoms with Crippen LogP contribution in [0.4, 0.5) is 0 Å². The molecule has 10 heteroatoms. The normalized spacial score (nSPS) is 45.0. The van der Waals surface area contributed by atoms with Crippen molar-refractivity contribution in [1.29, 1.82) is 0 Å². The highest BCUT2D eigenvalue weighted by Crippen LogP contribution is 2.42. The number of methoxy groups -OCH3 is 1. The Balaban J connectivity index is 1.66. The minimum absolute atomic E-state index is 0.0679. The summed E-state index contributed by atoms with van der Waals surface area (Å²) in [5, 5.41) is 11.3. The van der Waals surface area contributed by atoms with E-state index in [1.165, 1.54) is 12.8 Å². The van der Waals surface area contributed by atoms with Crippen LogP contribution in [-0.4, -0.2) is 134 Å². The number of hydrogen-bond acceptors (Lipinski definition) is 10. The second-order valence-corrected chi connectivity index (χ2v) is 15.6. The molecule has 44 heavy (non-hydrogen) atoms. The van der Waals surface area contributed by atoms with Crippen molar-refractivity contribution in [2.24, 2.45) is 23.2 Å². The van der Waals surface area contributed by atoms with Crippen molar-refractivity contribution in [3.05, 3.63) is 0 Å². The van der Waals surface area contributed by atoms with Crippen LogP contribution in [0.15, 0.2) is 0 Å². The summed E-state index contributed by atoms with van der Waals surface area (Å²) in [4.78, 5) is 34.8.